The van der Waals surface area contributed by atoms with Gasteiger partial charge in [0, 0.05) is 29.4 Å². The third-order valence-electron chi connectivity index (χ3n) is 2.72. The van der Waals surface area contributed by atoms with Crippen molar-refractivity contribution in [1.82, 2.24) is 5.32 Å². The van der Waals surface area contributed by atoms with Crippen LogP contribution in [0.4, 0.5) is 0 Å². The number of hydrogen-bond donors (Lipinski definition) is 1. The van der Waals surface area contributed by atoms with Crippen LogP contribution in [0.25, 0.3) is 0 Å². The maximum absolute atomic E-state index is 11.6. The van der Waals surface area contributed by atoms with Crippen LogP contribution < -0.4 is 5.32 Å². The number of rotatable bonds is 5. The first-order chi connectivity index (χ1) is 7.86. The first-order valence-electron chi connectivity index (χ1n) is 5.57. The molecule has 0 fully saturated rings. The van der Waals surface area contributed by atoms with Crippen LogP contribution in [-0.4, -0.2) is 20.7 Å². The number of sulfone groups is 1. The highest BCUT2D eigenvalue weighted by Crippen LogP contribution is 2.23. The molecule has 0 heterocycles. The zero-order valence-corrected chi connectivity index (χ0v) is 11.9. The van der Waals surface area contributed by atoms with E-state index in [-0.39, 0.29) is 0 Å². The predicted molar refractivity (Wildman–Crippen MR) is 71.2 cm³/mol. The minimum absolute atomic E-state index is 0.306. The molecule has 0 aliphatic heterocycles. The Morgan fingerprint density at radius 2 is 2.06 bits per heavy atom. The van der Waals surface area contributed by atoms with Gasteiger partial charge in [-0.2, -0.15) is 0 Å². The Labute approximate surface area is 108 Å². The summed E-state index contributed by atoms with van der Waals surface area (Å²) in [7, 11) is -3.24. The van der Waals surface area contributed by atoms with Crippen molar-refractivity contribution in [3.63, 3.8) is 0 Å². The first-order valence-corrected chi connectivity index (χ1v) is 7.84. The number of nitrogens with one attached hydrogen (secondary N) is 1. The van der Waals surface area contributed by atoms with E-state index < -0.39 is 9.84 Å². The highest BCUT2D eigenvalue weighted by Gasteiger charge is 2.15. The Bertz CT molecular complexity index is 485. The maximum Gasteiger partial charge on any atom is 0.175 e. The van der Waals surface area contributed by atoms with Gasteiger partial charge in [-0.1, -0.05) is 24.6 Å². The van der Waals surface area contributed by atoms with Crippen LogP contribution >= 0.6 is 11.6 Å². The molecular weight excluding hydrogens is 258 g/mol. The molecule has 96 valence electrons. The molecule has 0 amide bonds. The van der Waals surface area contributed by atoms with E-state index in [1.165, 1.54) is 6.26 Å². The van der Waals surface area contributed by atoms with Gasteiger partial charge in [-0.05, 0) is 25.5 Å². The number of hydrogen-bond acceptors (Lipinski definition) is 3. The van der Waals surface area contributed by atoms with Crippen LogP contribution in [0, 0.1) is 0 Å². The van der Waals surface area contributed by atoms with Crippen LogP contribution in [0.2, 0.25) is 5.02 Å². The van der Waals surface area contributed by atoms with E-state index in [2.05, 4.69) is 19.2 Å². The molecule has 0 spiro atoms. The van der Waals surface area contributed by atoms with Gasteiger partial charge in [-0.15, -0.1) is 0 Å². The monoisotopic (exact) mass is 275 g/mol. The predicted octanol–water partition coefficient (Wildman–Crippen LogP) is 2.63. The van der Waals surface area contributed by atoms with E-state index in [4.69, 9.17) is 11.6 Å². The second kappa shape index (κ2) is 5.85. The Kier molecular flexibility index (Phi) is 4.98. The van der Waals surface area contributed by atoms with Crippen LogP contribution in [0.1, 0.15) is 25.8 Å². The molecule has 1 N–H and O–H groups in total. The Morgan fingerprint density at radius 1 is 1.41 bits per heavy atom. The van der Waals surface area contributed by atoms with E-state index in [1.54, 1.807) is 18.2 Å². The molecule has 0 radical (unpaired) electrons. The maximum atomic E-state index is 11.6. The molecule has 17 heavy (non-hydrogen) atoms. The van der Waals surface area contributed by atoms with Crippen molar-refractivity contribution < 1.29 is 8.42 Å². The number of halogens is 1. The summed E-state index contributed by atoms with van der Waals surface area (Å²) >= 11 is 6.06. The summed E-state index contributed by atoms with van der Waals surface area (Å²) in [4.78, 5) is 0.306. The molecule has 0 saturated heterocycles. The zero-order valence-electron chi connectivity index (χ0n) is 10.3. The van der Waals surface area contributed by atoms with E-state index in [0.29, 0.717) is 28.1 Å². The SMILES string of the molecule is CCC(C)NCc1c(Cl)cccc1S(C)(=O)=O. The van der Waals surface area contributed by atoms with E-state index in [0.717, 1.165) is 6.42 Å². The van der Waals surface area contributed by atoms with Crippen LogP contribution in [-0.2, 0) is 16.4 Å². The van der Waals surface area contributed by atoms with E-state index in [1.807, 2.05) is 0 Å². The Hall–Kier alpha value is -0.580. The van der Waals surface area contributed by atoms with E-state index >= 15 is 0 Å². The molecule has 1 aromatic rings. The van der Waals surface area contributed by atoms with Gasteiger partial charge >= 0.3 is 0 Å². The largest absolute Gasteiger partial charge is 0.310 e. The van der Waals surface area contributed by atoms with E-state index in [9.17, 15) is 8.42 Å². The second-order valence-electron chi connectivity index (χ2n) is 4.18. The van der Waals surface area contributed by atoms with Gasteiger partial charge in [0.1, 0.15) is 0 Å². The van der Waals surface area contributed by atoms with Gasteiger partial charge in [0.05, 0.1) is 4.90 Å². The van der Waals surface area contributed by atoms with Crippen molar-refractivity contribution in [1.29, 1.82) is 0 Å². The minimum atomic E-state index is -3.24. The van der Waals surface area contributed by atoms with Crippen LogP contribution in [0.15, 0.2) is 23.1 Å². The highest BCUT2D eigenvalue weighted by molar-refractivity contribution is 7.90. The minimum Gasteiger partial charge on any atom is -0.310 e. The fraction of sp³-hybridized carbons (Fsp3) is 0.500. The summed E-state index contributed by atoms with van der Waals surface area (Å²) in [6, 6.07) is 5.29. The number of benzene rings is 1. The summed E-state index contributed by atoms with van der Waals surface area (Å²) in [5.41, 5.74) is 0.650. The molecule has 3 nitrogen and oxygen atoms in total. The molecule has 0 aromatic heterocycles. The lowest BCUT2D eigenvalue weighted by molar-refractivity contribution is 0.529. The summed E-state index contributed by atoms with van der Waals surface area (Å²) in [5, 5.41) is 3.74. The zero-order chi connectivity index (χ0) is 13.1. The molecule has 1 atom stereocenters. The quantitative estimate of drug-likeness (QED) is 0.899. The molecule has 0 saturated carbocycles. The van der Waals surface area contributed by atoms with Gasteiger partial charge < -0.3 is 5.32 Å². The fourth-order valence-corrected chi connectivity index (χ4v) is 2.73. The van der Waals surface area contributed by atoms with Crippen molar-refractivity contribution >= 4 is 21.4 Å². The second-order valence-corrected chi connectivity index (χ2v) is 6.57. The summed E-state index contributed by atoms with van der Waals surface area (Å²) < 4.78 is 23.3. The van der Waals surface area contributed by atoms with Crippen molar-refractivity contribution in [2.75, 3.05) is 6.26 Å². The standard InChI is InChI=1S/C12H18ClNO2S/c1-4-9(2)14-8-10-11(13)6-5-7-12(10)17(3,15)16/h5-7,9,14H,4,8H2,1-3H3. The smallest absolute Gasteiger partial charge is 0.175 e. The lowest BCUT2D eigenvalue weighted by atomic mass is 10.2. The summed E-state index contributed by atoms with van der Waals surface area (Å²) in [6.07, 6.45) is 2.18. The normalized spacial score (nSPS) is 13.6. The molecular formula is C12H18ClNO2S. The average Bonchev–Trinajstić information content (AvgIpc) is 2.25. The average molecular weight is 276 g/mol. The first kappa shape index (κ1) is 14.5. The molecule has 1 aromatic carbocycles. The van der Waals surface area contributed by atoms with Gasteiger partial charge in [0.15, 0.2) is 9.84 Å². The highest BCUT2D eigenvalue weighted by atomic mass is 35.5. The fourth-order valence-electron chi connectivity index (χ4n) is 1.48. The molecule has 1 unspecified atom stereocenters. The van der Waals surface area contributed by atoms with Gasteiger partial charge in [-0.3, -0.25) is 0 Å². The summed E-state index contributed by atoms with van der Waals surface area (Å²) in [5.74, 6) is 0. The Balaban J connectivity index is 3.05. The molecule has 0 aliphatic rings. The molecule has 0 aliphatic carbocycles. The van der Waals surface area contributed by atoms with Gasteiger partial charge in [0.25, 0.3) is 0 Å². The lowest BCUT2D eigenvalue weighted by Gasteiger charge is -2.14. The van der Waals surface area contributed by atoms with Crippen LogP contribution in [0.3, 0.4) is 0 Å². The molecule has 5 heteroatoms. The third kappa shape index (κ3) is 3.98. The van der Waals surface area contributed by atoms with Crippen molar-refractivity contribution in [3.8, 4) is 0 Å². The lowest BCUT2D eigenvalue weighted by Crippen LogP contribution is -2.25. The Morgan fingerprint density at radius 3 is 2.59 bits per heavy atom. The topological polar surface area (TPSA) is 46.2 Å². The van der Waals surface area contributed by atoms with Crippen LogP contribution in [0.5, 0.6) is 0 Å². The molecule has 0 bridgehead atoms. The van der Waals surface area contributed by atoms with Crippen molar-refractivity contribution in [3.05, 3.63) is 28.8 Å². The van der Waals surface area contributed by atoms with Crippen molar-refractivity contribution in [2.45, 2.75) is 37.8 Å². The summed E-state index contributed by atoms with van der Waals surface area (Å²) in [6.45, 7) is 4.59. The molecule has 1 rings (SSSR count). The van der Waals surface area contributed by atoms with Gasteiger partial charge in [-0.25, -0.2) is 8.42 Å². The third-order valence-corrected chi connectivity index (χ3v) is 4.25. The van der Waals surface area contributed by atoms with Gasteiger partial charge in [0.2, 0.25) is 0 Å². The van der Waals surface area contributed by atoms with Crippen molar-refractivity contribution in [2.24, 2.45) is 0 Å².